The average Bonchev–Trinajstić information content (AvgIpc) is 3.25. The van der Waals surface area contributed by atoms with Crippen LogP contribution in [0.5, 0.6) is 0 Å². The van der Waals surface area contributed by atoms with Gasteiger partial charge in [0.25, 0.3) is 5.91 Å². The van der Waals surface area contributed by atoms with Crippen LogP contribution in [0.4, 0.5) is 0 Å². The fraction of sp³-hybridized carbons (Fsp3) is 0.200. The van der Waals surface area contributed by atoms with Gasteiger partial charge < -0.3 is 19.9 Å². The SMILES string of the molecule is [N-]=[N+]=N[C@H]1[C@@H](OC(=O)c2ccccc2)[C@H]([n+]2cccc(C(N)=O)c2)O[C@@H]1COC(=O)c1ccccc1. The van der Waals surface area contributed by atoms with Crippen LogP contribution < -0.4 is 10.3 Å². The lowest BCUT2D eigenvalue weighted by molar-refractivity contribution is -0.765. The molecular formula is C25H22N5O6+. The highest BCUT2D eigenvalue weighted by Crippen LogP contribution is 2.32. The van der Waals surface area contributed by atoms with Gasteiger partial charge in [-0.15, -0.1) is 0 Å². The van der Waals surface area contributed by atoms with Crippen LogP contribution in [-0.2, 0) is 14.2 Å². The molecule has 1 fully saturated rings. The van der Waals surface area contributed by atoms with Crippen LogP contribution in [0.3, 0.4) is 0 Å². The number of hydrogen-bond donors (Lipinski definition) is 1. The number of rotatable bonds is 8. The lowest BCUT2D eigenvalue weighted by Crippen LogP contribution is -2.47. The second kappa shape index (κ2) is 11.1. The molecule has 4 atom stereocenters. The van der Waals surface area contributed by atoms with E-state index in [1.807, 2.05) is 0 Å². The number of esters is 2. The molecule has 2 N–H and O–H groups in total. The summed E-state index contributed by atoms with van der Waals surface area (Å²) in [5, 5.41) is 3.80. The van der Waals surface area contributed by atoms with Crippen molar-refractivity contribution < 1.29 is 33.2 Å². The zero-order valence-corrected chi connectivity index (χ0v) is 18.9. The first-order chi connectivity index (χ1) is 17.5. The molecule has 0 bridgehead atoms. The van der Waals surface area contributed by atoms with Crippen LogP contribution in [-0.4, -0.2) is 42.7 Å². The molecule has 2 heterocycles. The smallest absolute Gasteiger partial charge is 0.338 e. The summed E-state index contributed by atoms with van der Waals surface area (Å²) in [6.45, 7) is -0.274. The average molecular weight is 488 g/mol. The normalized spacial score (nSPS) is 20.7. The first-order valence-corrected chi connectivity index (χ1v) is 11.0. The number of carbonyl (C=O) groups is 3. The third-order valence-electron chi connectivity index (χ3n) is 5.54. The van der Waals surface area contributed by atoms with E-state index in [0.717, 1.165) is 0 Å². The monoisotopic (exact) mass is 488 g/mol. The lowest BCUT2D eigenvalue weighted by atomic mass is 10.1. The number of nitrogens with zero attached hydrogens (tertiary/aromatic N) is 4. The minimum atomic E-state index is -1.11. The molecule has 36 heavy (non-hydrogen) atoms. The van der Waals surface area contributed by atoms with Crippen molar-refractivity contribution in [2.45, 2.75) is 24.5 Å². The van der Waals surface area contributed by atoms with Crippen LogP contribution in [0.25, 0.3) is 10.4 Å². The van der Waals surface area contributed by atoms with E-state index < -0.39 is 42.3 Å². The molecule has 0 aliphatic carbocycles. The van der Waals surface area contributed by atoms with Crippen LogP contribution in [0, 0.1) is 0 Å². The van der Waals surface area contributed by atoms with E-state index in [4.69, 9.17) is 19.9 Å². The molecule has 3 aromatic rings. The van der Waals surface area contributed by atoms with Gasteiger partial charge in [0, 0.05) is 11.0 Å². The molecule has 1 saturated heterocycles. The topological polar surface area (TPSA) is 158 Å². The predicted octanol–water partition coefficient (Wildman–Crippen LogP) is 2.73. The lowest BCUT2D eigenvalue weighted by Gasteiger charge is -2.18. The number of ether oxygens (including phenoxy) is 3. The van der Waals surface area contributed by atoms with Crippen molar-refractivity contribution in [3.63, 3.8) is 0 Å². The highest BCUT2D eigenvalue weighted by Gasteiger charge is 2.52. The van der Waals surface area contributed by atoms with Crippen molar-refractivity contribution in [3.05, 3.63) is 112 Å². The molecule has 11 heteroatoms. The fourth-order valence-corrected chi connectivity index (χ4v) is 3.80. The molecule has 1 amide bonds. The van der Waals surface area contributed by atoms with Crippen molar-refractivity contribution in [2.24, 2.45) is 10.8 Å². The Morgan fingerprint density at radius 3 is 2.17 bits per heavy atom. The molecule has 1 aromatic heterocycles. The van der Waals surface area contributed by atoms with Crippen LogP contribution >= 0.6 is 0 Å². The predicted molar refractivity (Wildman–Crippen MR) is 124 cm³/mol. The molecular weight excluding hydrogens is 466 g/mol. The number of primary amides is 1. The zero-order chi connectivity index (χ0) is 25.5. The Labute approximate surface area is 205 Å². The summed E-state index contributed by atoms with van der Waals surface area (Å²) in [5.41, 5.74) is 15.4. The highest BCUT2D eigenvalue weighted by molar-refractivity contribution is 5.92. The third-order valence-corrected chi connectivity index (χ3v) is 5.54. The molecule has 182 valence electrons. The van der Waals surface area contributed by atoms with Gasteiger partial charge in [0.2, 0.25) is 6.10 Å². The van der Waals surface area contributed by atoms with Crippen LogP contribution in [0.1, 0.15) is 37.3 Å². The van der Waals surface area contributed by atoms with E-state index in [1.165, 1.54) is 16.8 Å². The van der Waals surface area contributed by atoms with Crippen molar-refractivity contribution in [2.75, 3.05) is 6.61 Å². The summed E-state index contributed by atoms with van der Waals surface area (Å²) in [4.78, 5) is 39.9. The van der Waals surface area contributed by atoms with Gasteiger partial charge in [0.15, 0.2) is 12.4 Å². The fourth-order valence-electron chi connectivity index (χ4n) is 3.80. The maximum Gasteiger partial charge on any atom is 0.338 e. The minimum Gasteiger partial charge on any atom is -0.459 e. The van der Waals surface area contributed by atoms with Crippen molar-refractivity contribution in [3.8, 4) is 0 Å². The van der Waals surface area contributed by atoms with Gasteiger partial charge in [-0.3, -0.25) is 4.79 Å². The van der Waals surface area contributed by atoms with Crippen LogP contribution in [0.2, 0.25) is 0 Å². The quantitative estimate of drug-likeness (QED) is 0.169. The first-order valence-electron chi connectivity index (χ1n) is 11.0. The number of amides is 1. The Kier molecular flexibility index (Phi) is 7.54. The second-order valence-electron chi connectivity index (χ2n) is 7.87. The van der Waals surface area contributed by atoms with Crippen molar-refractivity contribution >= 4 is 17.8 Å². The summed E-state index contributed by atoms with van der Waals surface area (Å²) in [7, 11) is 0. The number of nitrogens with two attached hydrogens (primary N) is 1. The minimum absolute atomic E-state index is 0.188. The number of aromatic nitrogens is 1. The molecule has 0 saturated carbocycles. The van der Waals surface area contributed by atoms with Gasteiger partial charge >= 0.3 is 18.2 Å². The van der Waals surface area contributed by atoms with Crippen LogP contribution in [0.15, 0.2) is 90.3 Å². The summed E-state index contributed by atoms with van der Waals surface area (Å²) in [5.74, 6) is -1.93. The highest BCUT2D eigenvalue weighted by atomic mass is 16.6. The number of carbonyl (C=O) groups excluding carboxylic acids is 3. The molecule has 4 rings (SSSR count). The molecule has 2 aromatic carbocycles. The molecule has 0 unspecified atom stereocenters. The Bertz CT molecular complexity index is 1300. The number of pyridine rings is 1. The van der Waals surface area contributed by atoms with Gasteiger partial charge in [0.05, 0.1) is 11.1 Å². The van der Waals surface area contributed by atoms with E-state index in [2.05, 4.69) is 10.0 Å². The molecule has 1 aliphatic heterocycles. The van der Waals surface area contributed by atoms with Gasteiger partial charge in [-0.1, -0.05) is 41.5 Å². The zero-order valence-electron chi connectivity index (χ0n) is 18.9. The number of azide groups is 1. The van der Waals surface area contributed by atoms with E-state index >= 15 is 0 Å². The Hall–Kier alpha value is -4.73. The van der Waals surface area contributed by atoms with Gasteiger partial charge in [-0.2, -0.15) is 4.57 Å². The van der Waals surface area contributed by atoms with Crippen molar-refractivity contribution in [1.29, 1.82) is 0 Å². The Morgan fingerprint density at radius 2 is 1.56 bits per heavy atom. The molecule has 0 spiro atoms. The van der Waals surface area contributed by atoms with E-state index in [9.17, 15) is 19.9 Å². The largest absolute Gasteiger partial charge is 0.459 e. The molecule has 1 aliphatic rings. The summed E-state index contributed by atoms with van der Waals surface area (Å²) in [6.07, 6.45) is -0.0414. The first kappa shape index (κ1) is 24.4. The Morgan fingerprint density at radius 1 is 0.944 bits per heavy atom. The standard InChI is InChI=1S/C25H21N5O6/c26-22(31)18-12-7-13-30(14-18)23-21(36-25(33)17-10-5-2-6-11-17)20(28-29-27)19(35-23)15-34-24(32)16-8-3-1-4-9-16/h1-14,19-21,23H,15H2,(H-,26,31)/p+1/t19-,20-,21-,23-/m1/s1. The van der Waals surface area contributed by atoms with E-state index in [0.29, 0.717) is 5.56 Å². The number of hydrogen-bond acceptors (Lipinski definition) is 7. The maximum atomic E-state index is 12.9. The third kappa shape index (κ3) is 5.49. The summed E-state index contributed by atoms with van der Waals surface area (Å²) >= 11 is 0. The summed E-state index contributed by atoms with van der Waals surface area (Å²) < 4.78 is 18.7. The van der Waals surface area contributed by atoms with Gasteiger partial charge in [0.1, 0.15) is 24.3 Å². The Balaban J connectivity index is 1.63. The molecule has 0 radical (unpaired) electrons. The van der Waals surface area contributed by atoms with E-state index in [1.54, 1.807) is 72.9 Å². The molecule has 11 nitrogen and oxygen atoms in total. The maximum absolute atomic E-state index is 12.9. The van der Waals surface area contributed by atoms with Crippen molar-refractivity contribution in [1.82, 2.24) is 0 Å². The summed E-state index contributed by atoms with van der Waals surface area (Å²) in [6, 6.07) is 18.7. The second-order valence-corrected chi connectivity index (χ2v) is 7.87. The number of benzene rings is 2. The van der Waals surface area contributed by atoms with Gasteiger partial charge in [-0.25, -0.2) is 9.59 Å². The van der Waals surface area contributed by atoms with Gasteiger partial charge in [-0.05, 0) is 35.9 Å². The van der Waals surface area contributed by atoms with E-state index in [-0.39, 0.29) is 17.7 Å².